The molecule has 4 aromatic rings. The van der Waals surface area contributed by atoms with Gasteiger partial charge in [-0.25, -0.2) is 26.6 Å². The van der Waals surface area contributed by atoms with Gasteiger partial charge in [0.1, 0.15) is 22.7 Å². The summed E-state index contributed by atoms with van der Waals surface area (Å²) in [5, 5.41) is 9.90. The van der Waals surface area contributed by atoms with Gasteiger partial charge in [-0.3, -0.25) is 4.98 Å². The summed E-state index contributed by atoms with van der Waals surface area (Å²) in [6.07, 6.45) is 5.18. The predicted octanol–water partition coefficient (Wildman–Crippen LogP) is 4.44. The van der Waals surface area contributed by atoms with E-state index in [1.807, 2.05) is 18.7 Å². The number of aromatic carboxylic acids is 1. The minimum Gasteiger partial charge on any atom is -0.478 e. The molecule has 0 bridgehead atoms. The van der Waals surface area contributed by atoms with Gasteiger partial charge >= 0.3 is 5.97 Å². The Morgan fingerprint density at radius 1 is 1.23 bits per heavy atom. The molecule has 39 heavy (non-hydrogen) atoms. The first kappa shape index (κ1) is 26.8. The summed E-state index contributed by atoms with van der Waals surface area (Å²) in [6.45, 7) is 4.38. The minimum absolute atomic E-state index is 0.0249. The maximum Gasteiger partial charge on any atom is 0.339 e. The standard InChI is InChI=1S/C28H30FN5O4S/c1-17-5-8-20(9-6-17)39(37,38)34-16-22(28(35)36)27-25(34)11-12-26(32-27)33-13-3-4-24(33)21-14-19(29)15-31-23(21)10-7-18(2)30/h5-6,8-9,11-12,14-16,18,24H,3-4,7,10,13,30H2,1-2H3,(H,35,36). The van der Waals surface area contributed by atoms with Crippen molar-refractivity contribution in [3.8, 4) is 0 Å². The van der Waals surface area contributed by atoms with Gasteiger partial charge in [-0.05, 0) is 75.4 Å². The number of aryl methyl sites for hydroxylation is 2. The van der Waals surface area contributed by atoms with Crippen LogP contribution in [0.15, 0.2) is 59.8 Å². The van der Waals surface area contributed by atoms with Crippen LogP contribution in [0.5, 0.6) is 0 Å². The summed E-state index contributed by atoms with van der Waals surface area (Å²) in [7, 11) is -4.06. The van der Waals surface area contributed by atoms with E-state index in [9.17, 15) is 22.7 Å². The lowest BCUT2D eigenvalue weighted by Gasteiger charge is -2.27. The lowest BCUT2D eigenvalue weighted by molar-refractivity contribution is 0.0699. The molecule has 0 amide bonds. The van der Waals surface area contributed by atoms with E-state index in [4.69, 9.17) is 5.73 Å². The van der Waals surface area contributed by atoms with Gasteiger partial charge in [0.15, 0.2) is 0 Å². The number of nitrogens with zero attached hydrogens (tertiary/aromatic N) is 4. The number of benzene rings is 1. The van der Waals surface area contributed by atoms with Crippen molar-refractivity contribution >= 4 is 32.8 Å². The van der Waals surface area contributed by atoms with E-state index in [1.54, 1.807) is 24.3 Å². The zero-order valence-corrected chi connectivity index (χ0v) is 22.5. The number of carboxylic acid groups (broad SMARTS) is 1. The van der Waals surface area contributed by atoms with Crippen LogP contribution < -0.4 is 10.6 Å². The molecule has 3 aromatic heterocycles. The quantitative estimate of drug-likeness (QED) is 0.329. The number of fused-ring (bicyclic) bond motifs is 1. The topological polar surface area (TPSA) is 131 Å². The van der Waals surface area contributed by atoms with Gasteiger partial charge in [0, 0.05) is 24.5 Å². The second-order valence-corrected chi connectivity index (χ2v) is 11.9. The van der Waals surface area contributed by atoms with Crippen LogP contribution in [0.3, 0.4) is 0 Å². The molecule has 3 N–H and O–H groups in total. The molecule has 204 valence electrons. The van der Waals surface area contributed by atoms with Crippen LogP contribution in [-0.2, 0) is 16.4 Å². The van der Waals surface area contributed by atoms with Crippen molar-refractivity contribution in [2.24, 2.45) is 5.73 Å². The Morgan fingerprint density at radius 3 is 2.67 bits per heavy atom. The SMILES string of the molecule is Cc1ccc(S(=O)(=O)n2cc(C(=O)O)c3nc(N4CCCC4c4cc(F)cnc4CCC(C)N)ccc32)cc1. The van der Waals surface area contributed by atoms with E-state index in [-0.39, 0.29) is 33.6 Å². The number of carboxylic acids is 1. The molecule has 0 aliphatic carbocycles. The Hall–Kier alpha value is -3.83. The molecule has 1 fully saturated rings. The third-order valence-electron chi connectivity index (χ3n) is 7.12. The van der Waals surface area contributed by atoms with Crippen molar-refractivity contribution in [2.45, 2.75) is 56.5 Å². The Labute approximate surface area is 226 Å². The molecular weight excluding hydrogens is 521 g/mol. The highest BCUT2D eigenvalue weighted by atomic mass is 32.2. The van der Waals surface area contributed by atoms with Crippen LogP contribution in [0.1, 0.15) is 59.4 Å². The molecule has 11 heteroatoms. The Balaban J connectivity index is 1.58. The maximum absolute atomic E-state index is 14.3. The third-order valence-corrected chi connectivity index (χ3v) is 8.81. The molecular formula is C28H30FN5O4S. The molecule has 5 rings (SSSR count). The van der Waals surface area contributed by atoms with Crippen LogP contribution in [-0.4, -0.2) is 46.0 Å². The third kappa shape index (κ3) is 5.11. The Morgan fingerprint density at radius 2 is 1.97 bits per heavy atom. The van der Waals surface area contributed by atoms with E-state index in [0.29, 0.717) is 25.2 Å². The zero-order valence-electron chi connectivity index (χ0n) is 21.7. The number of pyridine rings is 2. The number of rotatable bonds is 8. The second-order valence-electron chi connectivity index (χ2n) is 10.1. The van der Waals surface area contributed by atoms with Crippen molar-refractivity contribution in [1.82, 2.24) is 13.9 Å². The fraction of sp³-hybridized carbons (Fsp3) is 0.321. The first-order chi connectivity index (χ1) is 18.6. The summed E-state index contributed by atoms with van der Waals surface area (Å²) >= 11 is 0. The predicted molar refractivity (Wildman–Crippen MR) is 146 cm³/mol. The molecule has 9 nitrogen and oxygen atoms in total. The number of hydrogen-bond acceptors (Lipinski definition) is 7. The molecule has 1 aliphatic rings. The molecule has 0 radical (unpaired) electrons. The van der Waals surface area contributed by atoms with E-state index >= 15 is 0 Å². The summed E-state index contributed by atoms with van der Waals surface area (Å²) < 4.78 is 42.1. The molecule has 2 unspecified atom stereocenters. The molecule has 4 heterocycles. The van der Waals surface area contributed by atoms with E-state index in [1.165, 1.54) is 24.4 Å². The fourth-order valence-corrected chi connectivity index (χ4v) is 6.47. The first-order valence-electron chi connectivity index (χ1n) is 12.8. The number of carbonyl (C=O) groups is 1. The average Bonchev–Trinajstić information content (AvgIpc) is 3.53. The lowest BCUT2D eigenvalue weighted by Crippen LogP contribution is -2.25. The summed E-state index contributed by atoms with van der Waals surface area (Å²) in [6, 6.07) is 10.9. The van der Waals surface area contributed by atoms with Gasteiger partial charge in [-0.1, -0.05) is 17.7 Å². The van der Waals surface area contributed by atoms with Crippen molar-refractivity contribution < 1.29 is 22.7 Å². The van der Waals surface area contributed by atoms with Crippen LogP contribution in [0.2, 0.25) is 0 Å². The van der Waals surface area contributed by atoms with Gasteiger partial charge in [-0.2, -0.15) is 0 Å². The van der Waals surface area contributed by atoms with E-state index < -0.39 is 21.8 Å². The molecule has 1 saturated heterocycles. The van der Waals surface area contributed by atoms with Crippen molar-refractivity contribution in [3.05, 3.63) is 83.1 Å². The summed E-state index contributed by atoms with van der Waals surface area (Å²) in [5.74, 6) is -1.23. The van der Waals surface area contributed by atoms with Gasteiger partial charge in [0.05, 0.1) is 22.7 Å². The number of halogens is 1. The van der Waals surface area contributed by atoms with Gasteiger partial charge in [0.2, 0.25) is 0 Å². The molecule has 0 spiro atoms. The second kappa shape index (κ2) is 10.4. The molecule has 0 saturated carbocycles. The molecule has 2 atom stereocenters. The van der Waals surface area contributed by atoms with E-state index in [2.05, 4.69) is 9.97 Å². The Kier molecular flexibility index (Phi) is 7.13. The van der Waals surface area contributed by atoms with Crippen LogP contribution >= 0.6 is 0 Å². The highest BCUT2D eigenvalue weighted by Gasteiger charge is 2.31. The number of anilines is 1. The smallest absolute Gasteiger partial charge is 0.339 e. The highest BCUT2D eigenvalue weighted by Crippen LogP contribution is 2.38. The van der Waals surface area contributed by atoms with E-state index in [0.717, 1.165) is 39.8 Å². The summed E-state index contributed by atoms with van der Waals surface area (Å²) in [5.41, 5.74) is 8.39. The Bertz CT molecular complexity index is 1650. The largest absolute Gasteiger partial charge is 0.478 e. The number of nitrogens with two attached hydrogens (primary N) is 1. The maximum atomic E-state index is 14.3. The molecule has 1 aliphatic heterocycles. The fourth-order valence-electron chi connectivity index (χ4n) is 5.11. The van der Waals surface area contributed by atoms with Crippen LogP contribution in [0.4, 0.5) is 10.2 Å². The average molecular weight is 552 g/mol. The van der Waals surface area contributed by atoms with Gasteiger partial charge < -0.3 is 15.7 Å². The normalized spacial score (nSPS) is 16.6. The first-order valence-corrected chi connectivity index (χ1v) is 14.2. The highest BCUT2D eigenvalue weighted by molar-refractivity contribution is 7.90. The van der Waals surface area contributed by atoms with Crippen LogP contribution in [0.25, 0.3) is 11.0 Å². The summed E-state index contributed by atoms with van der Waals surface area (Å²) in [4.78, 5) is 23.2. The van der Waals surface area contributed by atoms with Crippen molar-refractivity contribution in [3.63, 3.8) is 0 Å². The van der Waals surface area contributed by atoms with Crippen LogP contribution in [0, 0.1) is 12.7 Å². The monoisotopic (exact) mass is 551 g/mol. The zero-order chi connectivity index (χ0) is 27.9. The van der Waals surface area contributed by atoms with Crippen molar-refractivity contribution in [2.75, 3.05) is 11.4 Å². The number of hydrogen-bond donors (Lipinski definition) is 2. The van der Waals surface area contributed by atoms with Gasteiger partial charge in [0.25, 0.3) is 10.0 Å². The minimum atomic E-state index is -4.06. The number of aromatic nitrogens is 3. The molecule has 1 aromatic carbocycles. The lowest BCUT2D eigenvalue weighted by atomic mass is 9.98. The van der Waals surface area contributed by atoms with Gasteiger partial charge in [-0.15, -0.1) is 0 Å². The van der Waals surface area contributed by atoms with Crippen molar-refractivity contribution in [1.29, 1.82) is 0 Å².